The number of unbranched alkanes of at least 4 members (excludes halogenated alkanes) is 1. The molecule has 3 amide bonds. The molecular formula is C34H57N7O6. The van der Waals surface area contributed by atoms with Gasteiger partial charge < -0.3 is 29.9 Å². The van der Waals surface area contributed by atoms with E-state index in [0.29, 0.717) is 110 Å². The topological polar surface area (TPSA) is 150 Å². The highest BCUT2D eigenvalue weighted by molar-refractivity contribution is 5.77. The lowest BCUT2D eigenvalue weighted by molar-refractivity contribution is -0.150. The summed E-state index contributed by atoms with van der Waals surface area (Å²) in [6, 6.07) is 0. The monoisotopic (exact) mass is 659 g/mol. The second kappa shape index (κ2) is 23.8. The average Bonchev–Trinajstić information content (AvgIpc) is 3.51. The third-order valence-corrected chi connectivity index (χ3v) is 8.28. The summed E-state index contributed by atoms with van der Waals surface area (Å²) in [5.41, 5.74) is 0.791. The van der Waals surface area contributed by atoms with Crippen molar-refractivity contribution in [3.05, 3.63) is 11.9 Å². The van der Waals surface area contributed by atoms with Crippen LogP contribution in [0.2, 0.25) is 0 Å². The van der Waals surface area contributed by atoms with E-state index in [1.54, 1.807) is 14.5 Å². The van der Waals surface area contributed by atoms with E-state index < -0.39 is 0 Å². The van der Waals surface area contributed by atoms with Crippen LogP contribution in [0.3, 0.4) is 0 Å². The van der Waals surface area contributed by atoms with Gasteiger partial charge in [-0.1, -0.05) is 12.1 Å². The molecule has 2 rings (SSSR count). The first kappa shape index (κ1) is 39.7. The number of rotatable bonds is 24. The molecule has 0 aromatic carbocycles. The van der Waals surface area contributed by atoms with Crippen LogP contribution < -0.4 is 5.32 Å². The van der Waals surface area contributed by atoms with Gasteiger partial charge >= 0.3 is 5.97 Å². The molecule has 0 atom stereocenters. The number of nitrogens with zero attached hydrogens (tertiary/aromatic N) is 6. The molecule has 1 aromatic heterocycles. The zero-order valence-corrected chi connectivity index (χ0v) is 28.7. The van der Waals surface area contributed by atoms with Crippen molar-refractivity contribution in [3.8, 4) is 12.3 Å². The third kappa shape index (κ3) is 16.8. The Morgan fingerprint density at radius 2 is 1.68 bits per heavy atom. The van der Waals surface area contributed by atoms with Gasteiger partial charge in [-0.05, 0) is 71.5 Å². The minimum atomic E-state index is -0.109. The number of piperidine rings is 1. The zero-order chi connectivity index (χ0) is 34.3. The van der Waals surface area contributed by atoms with Gasteiger partial charge in [0, 0.05) is 84.2 Å². The van der Waals surface area contributed by atoms with E-state index in [2.05, 4.69) is 33.5 Å². The van der Waals surface area contributed by atoms with Crippen molar-refractivity contribution in [2.45, 2.75) is 96.9 Å². The van der Waals surface area contributed by atoms with Crippen LogP contribution in [0.25, 0.3) is 0 Å². The maximum absolute atomic E-state index is 13.3. The summed E-state index contributed by atoms with van der Waals surface area (Å²) in [5, 5.41) is 20.6. The van der Waals surface area contributed by atoms with Crippen molar-refractivity contribution in [2.75, 3.05) is 66.1 Å². The molecule has 1 aliphatic rings. The van der Waals surface area contributed by atoms with Crippen LogP contribution in [-0.2, 0) is 36.9 Å². The van der Waals surface area contributed by atoms with Crippen molar-refractivity contribution in [1.82, 2.24) is 35.0 Å². The first-order chi connectivity index (χ1) is 22.8. The van der Waals surface area contributed by atoms with E-state index in [1.165, 1.54) is 0 Å². The van der Waals surface area contributed by atoms with Gasteiger partial charge in [0.15, 0.2) is 0 Å². The Balaban J connectivity index is 1.82. The number of ether oxygens (including phenoxy) is 1. The van der Waals surface area contributed by atoms with E-state index in [0.717, 1.165) is 38.0 Å². The molecular weight excluding hydrogens is 602 g/mol. The Labute approximate surface area is 280 Å². The fourth-order valence-electron chi connectivity index (χ4n) is 5.44. The van der Waals surface area contributed by atoms with Gasteiger partial charge in [-0.15, -0.1) is 17.4 Å². The highest BCUT2D eigenvalue weighted by Crippen LogP contribution is 2.17. The summed E-state index contributed by atoms with van der Waals surface area (Å²) in [6.45, 7) is 6.79. The molecule has 0 unspecified atom stereocenters. The molecule has 0 radical (unpaired) electrons. The van der Waals surface area contributed by atoms with E-state index in [4.69, 9.17) is 11.2 Å². The van der Waals surface area contributed by atoms with E-state index in [-0.39, 0.29) is 36.2 Å². The Hall–Kier alpha value is -3.50. The minimum absolute atomic E-state index is 0.000156. The second-order valence-corrected chi connectivity index (χ2v) is 12.3. The molecule has 13 nitrogen and oxygen atoms in total. The van der Waals surface area contributed by atoms with Gasteiger partial charge in [0.25, 0.3) is 0 Å². The Bertz CT molecular complexity index is 1110. The smallest absolute Gasteiger partial charge is 0.309 e. The number of likely N-dealkylation sites (tertiary alicyclic amines) is 1. The first-order valence-electron chi connectivity index (χ1n) is 17.4. The minimum Gasteiger partial charge on any atom is -0.465 e. The summed E-state index contributed by atoms with van der Waals surface area (Å²) in [7, 11) is 2.06. The molecule has 1 fully saturated rings. The number of aromatic nitrogens is 3. The van der Waals surface area contributed by atoms with Crippen molar-refractivity contribution in [2.24, 2.45) is 5.92 Å². The molecule has 1 aromatic rings. The number of hydrogen-bond donors (Lipinski definition) is 2. The van der Waals surface area contributed by atoms with E-state index in [1.807, 2.05) is 13.1 Å². The highest BCUT2D eigenvalue weighted by atomic mass is 16.5. The largest absolute Gasteiger partial charge is 0.465 e. The molecule has 13 heteroatoms. The number of aliphatic hydroxyl groups is 1. The summed E-state index contributed by atoms with van der Waals surface area (Å²) in [6.07, 6.45) is 14.8. The molecule has 1 saturated heterocycles. The fourth-order valence-corrected chi connectivity index (χ4v) is 5.44. The summed E-state index contributed by atoms with van der Waals surface area (Å²) in [5.74, 6) is 2.38. The standard InChI is InChI=1S/C34H57N7O6/c1-4-6-7-14-32(44)40(20-10-26-42)25-24-39(19-9-18-35-31(43)12-5-2)33(45)15-8-13-30-28-41(37-36-30)21-11-27-47-34(46)29-16-22-38(3)23-17-29/h1,28-29,42H,5-27H2,2-3H3,(H,35,43). The number of terminal acetylenes is 1. The molecule has 47 heavy (non-hydrogen) atoms. The predicted molar refractivity (Wildman–Crippen MR) is 179 cm³/mol. The number of amides is 3. The van der Waals surface area contributed by atoms with E-state index in [9.17, 15) is 24.3 Å². The highest BCUT2D eigenvalue weighted by Gasteiger charge is 2.24. The van der Waals surface area contributed by atoms with Crippen LogP contribution in [-0.4, -0.2) is 125 Å². The number of hydrogen-bond acceptors (Lipinski definition) is 9. The maximum Gasteiger partial charge on any atom is 0.309 e. The number of aliphatic hydroxyl groups excluding tert-OH is 1. The lowest BCUT2D eigenvalue weighted by atomic mass is 9.97. The summed E-state index contributed by atoms with van der Waals surface area (Å²) in [4.78, 5) is 56.0. The van der Waals surface area contributed by atoms with Crippen LogP contribution in [0.5, 0.6) is 0 Å². The average molecular weight is 660 g/mol. The number of esters is 1. The van der Waals surface area contributed by atoms with E-state index >= 15 is 0 Å². The van der Waals surface area contributed by atoms with Crippen molar-refractivity contribution in [1.29, 1.82) is 0 Å². The molecule has 2 N–H and O–H groups in total. The SMILES string of the molecule is C#CCCCC(=O)N(CCCO)CCN(CCCNC(=O)CCC)C(=O)CCCc1cn(CCCOC(=O)C2CCN(C)CC2)nn1. The van der Waals surface area contributed by atoms with Gasteiger partial charge in [-0.2, -0.15) is 0 Å². The molecule has 0 bridgehead atoms. The van der Waals surface area contributed by atoms with Crippen molar-refractivity contribution < 1.29 is 29.0 Å². The number of nitrogens with one attached hydrogen (secondary N) is 1. The lowest BCUT2D eigenvalue weighted by Gasteiger charge is -2.28. The van der Waals surface area contributed by atoms with Crippen LogP contribution in [0.1, 0.15) is 89.7 Å². The molecule has 264 valence electrons. The normalized spacial score (nSPS) is 13.6. The number of carbonyl (C=O) groups is 4. The van der Waals surface area contributed by atoms with Crippen LogP contribution in [0, 0.1) is 18.3 Å². The Morgan fingerprint density at radius 3 is 2.34 bits per heavy atom. The third-order valence-electron chi connectivity index (χ3n) is 8.28. The first-order valence-corrected chi connectivity index (χ1v) is 17.4. The van der Waals surface area contributed by atoms with Crippen LogP contribution in [0.15, 0.2) is 6.20 Å². The second-order valence-electron chi connectivity index (χ2n) is 12.3. The Morgan fingerprint density at radius 1 is 1.00 bits per heavy atom. The molecule has 0 aliphatic carbocycles. The molecule has 1 aliphatic heterocycles. The van der Waals surface area contributed by atoms with Crippen LogP contribution in [0.4, 0.5) is 0 Å². The van der Waals surface area contributed by atoms with Crippen molar-refractivity contribution >= 4 is 23.7 Å². The summed E-state index contributed by atoms with van der Waals surface area (Å²) >= 11 is 0. The quantitative estimate of drug-likeness (QED) is 0.0966. The van der Waals surface area contributed by atoms with Gasteiger partial charge in [0.1, 0.15) is 0 Å². The summed E-state index contributed by atoms with van der Waals surface area (Å²) < 4.78 is 7.22. The van der Waals surface area contributed by atoms with Crippen LogP contribution >= 0.6 is 0 Å². The molecule has 0 saturated carbocycles. The lowest BCUT2D eigenvalue weighted by Crippen LogP contribution is -2.42. The maximum atomic E-state index is 13.3. The van der Waals surface area contributed by atoms with Crippen molar-refractivity contribution in [3.63, 3.8) is 0 Å². The molecule has 0 spiro atoms. The number of aryl methyl sites for hydroxylation is 2. The molecule has 2 heterocycles. The van der Waals surface area contributed by atoms with Gasteiger partial charge in [-0.25, -0.2) is 0 Å². The van der Waals surface area contributed by atoms with Gasteiger partial charge in [-0.3, -0.25) is 23.9 Å². The predicted octanol–water partition coefficient (Wildman–Crippen LogP) is 2.03. The van der Waals surface area contributed by atoms with Gasteiger partial charge in [0.05, 0.1) is 18.2 Å². The Kier molecular flexibility index (Phi) is 20.1. The zero-order valence-electron chi connectivity index (χ0n) is 28.7. The van der Waals surface area contributed by atoms with Gasteiger partial charge in [0.2, 0.25) is 17.7 Å². The fraction of sp³-hybridized carbons (Fsp3) is 0.765. The number of carbonyl (C=O) groups excluding carboxylic acids is 4.